The molecule has 0 aliphatic heterocycles. The van der Waals surface area contributed by atoms with Crippen molar-refractivity contribution in [3.8, 4) is 11.3 Å². The van der Waals surface area contributed by atoms with Gasteiger partial charge in [0.15, 0.2) is 0 Å². The number of alkyl halides is 6. The Morgan fingerprint density at radius 2 is 1.41 bits per heavy atom. The molecule has 11 nitrogen and oxygen atoms in total. The van der Waals surface area contributed by atoms with Crippen LogP contribution < -0.4 is 11.1 Å². The van der Waals surface area contributed by atoms with Crippen molar-refractivity contribution in [2.24, 2.45) is 5.73 Å². The van der Waals surface area contributed by atoms with Crippen LogP contribution in [0.25, 0.3) is 16.9 Å². The molecule has 3 aromatic rings. The molecule has 6 N–H and O–H groups in total. The Morgan fingerprint density at radius 1 is 0.897 bits per heavy atom. The standard InChI is InChI=1S/C18H18N4O3.2C2HF3O2/c19-10-12-6-8-22-11-15(21-16(22)9-12)13-1-3-14(4-2-13)18(25)20-7-5-17(23)24;2*3-2(4,5)1(6)7/h1-4,6,8-9,11H,5,7,10,19H2,(H,20,25)(H,23,24);2*(H,6,7). The normalized spacial score (nSPS) is 10.9. The van der Waals surface area contributed by atoms with Gasteiger partial charge in [-0.1, -0.05) is 12.1 Å². The number of aromatic nitrogens is 2. The summed E-state index contributed by atoms with van der Waals surface area (Å²) < 4.78 is 65.4. The van der Waals surface area contributed by atoms with Crippen LogP contribution in [0, 0.1) is 0 Å². The van der Waals surface area contributed by atoms with Gasteiger partial charge in [-0.3, -0.25) is 9.59 Å². The summed E-state index contributed by atoms with van der Waals surface area (Å²) in [4.78, 5) is 44.8. The summed E-state index contributed by atoms with van der Waals surface area (Å²) in [6.07, 6.45) is -6.44. The lowest BCUT2D eigenvalue weighted by Crippen LogP contribution is -2.25. The predicted octanol–water partition coefficient (Wildman–Crippen LogP) is 2.93. The smallest absolute Gasteiger partial charge is 0.481 e. The van der Waals surface area contributed by atoms with E-state index in [4.69, 9.17) is 30.6 Å². The van der Waals surface area contributed by atoms with E-state index in [1.165, 1.54) is 0 Å². The minimum Gasteiger partial charge on any atom is -0.481 e. The van der Waals surface area contributed by atoms with Crippen LogP contribution >= 0.6 is 0 Å². The van der Waals surface area contributed by atoms with E-state index in [-0.39, 0.29) is 18.9 Å². The molecule has 0 spiro atoms. The number of benzene rings is 1. The van der Waals surface area contributed by atoms with Crippen LogP contribution in [0.4, 0.5) is 26.3 Å². The third-order valence-corrected chi connectivity index (χ3v) is 4.31. The highest BCUT2D eigenvalue weighted by molar-refractivity contribution is 5.94. The van der Waals surface area contributed by atoms with Crippen molar-refractivity contribution < 1.29 is 60.8 Å². The maximum Gasteiger partial charge on any atom is 0.490 e. The number of imidazole rings is 1. The second-order valence-electron chi connectivity index (χ2n) is 7.21. The lowest BCUT2D eigenvalue weighted by atomic mass is 10.1. The number of nitrogens with two attached hydrogens (primary N) is 1. The fraction of sp³-hybridized carbons (Fsp3) is 0.227. The van der Waals surface area contributed by atoms with Crippen LogP contribution in [0.1, 0.15) is 22.3 Å². The Labute approximate surface area is 214 Å². The number of rotatable bonds is 6. The van der Waals surface area contributed by atoms with Crippen LogP contribution in [0.15, 0.2) is 48.8 Å². The van der Waals surface area contributed by atoms with E-state index in [1.807, 2.05) is 41.1 Å². The van der Waals surface area contributed by atoms with Gasteiger partial charge < -0.3 is 30.8 Å². The molecule has 0 aliphatic carbocycles. The molecule has 0 bridgehead atoms. The molecule has 2 aromatic heterocycles. The van der Waals surface area contributed by atoms with Gasteiger partial charge in [-0.05, 0) is 29.8 Å². The van der Waals surface area contributed by atoms with Crippen molar-refractivity contribution in [3.63, 3.8) is 0 Å². The molecule has 2 heterocycles. The molecular weight excluding hydrogens is 546 g/mol. The number of carboxylic acid groups (broad SMARTS) is 3. The van der Waals surface area contributed by atoms with Crippen LogP contribution in [-0.4, -0.2) is 67.4 Å². The molecule has 212 valence electrons. The van der Waals surface area contributed by atoms with Gasteiger partial charge >= 0.3 is 30.3 Å². The van der Waals surface area contributed by atoms with Crippen molar-refractivity contribution >= 4 is 29.5 Å². The molecule has 0 saturated carbocycles. The highest BCUT2D eigenvalue weighted by Gasteiger charge is 2.38. The third-order valence-electron chi connectivity index (χ3n) is 4.31. The van der Waals surface area contributed by atoms with Gasteiger partial charge in [-0.2, -0.15) is 26.3 Å². The van der Waals surface area contributed by atoms with Crippen molar-refractivity contribution in [1.29, 1.82) is 0 Å². The first-order valence-corrected chi connectivity index (χ1v) is 10.3. The molecule has 0 unspecified atom stereocenters. The molecule has 0 atom stereocenters. The minimum atomic E-state index is -5.08. The minimum absolute atomic E-state index is 0.101. The summed E-state index contributed by atoms with van der Waals surface area (Å²) >= 11 is 0. The predicted molar refractivity (Wildman–Crippen MR) is 120 cm³/mol. The molecule has 3 rings (SSSR count). The molecule has 0 radical (unpaired) electrons. The summed E-state index contributed by atoms with van der Waals surface area (Å²) in [5.41, 5.74) is 9.64. The van der Waals surface area contributed by atoms with E-state index >= 15 is 0 Å². The van der Waals surface area contributed by atoms with Crippen molar-refractivity contribution in [2.45, 2.75) is 25.3 Å². The average molecular weight is 566 g/mol. The van der Waals surface area contributed by atoms with E-state index in [0.717, 1.165) is 22.5 Å². The van der Waals surface area contributed by atoms with Gasteiger partial charge in [-0.15, -0.1) is 0 Å². The quantitative estimate of drug-likeness (QED) is 0.280. The van der Waals surface area contributed by atoms with Gasteiger partial charge in [0.25, 0.3) is 5.91 Å². The van der Waals surface area contributed by atoms with Gasteiger partial charge in [0.2, 0.25) is 0 Å². The number of carbonyl (C=O) groups is 4. The van der Waals surface area contributed by atoms with Gasteiger partial charge in [-0.25, -0.2) is 14.6 Å². The molecule has 0 aliphatic rings. The Hall–Kier alpha value is -4.67. The van der Waals surface area contributed by atoms with E-state index in [9.17, 15) is 35.9 Å². The SMILES string of the molecule is NCc1ccn2cc(-c3ccc(C(=O)NCCC(=O)O)cc3)nc2c1.O=C(O)C(F)(F)F.O=C(O)C(F)(F)F. The van der Waals surface area contributed by atoms with Gasteiger partial charge in [0.1, 0.15) is 5.65 Å². The summed E-state index contributed by atoms with van der Waals surface area (Å²) in [5, 5.41) is 25.4. The first-order chi connectivity index (χ1) is 17.9. The first kappa shape index (κ1) is 32.4. The zero-order valence-corrected chi connectivity index (χ0v) is 19.5. The van der Waals surface area contributed by atoms with E-state index < -0.39 is 30.3 Å². The molecule has 17 heteroatoms. The van der Waals surface area contributed by atoms with Crippen molar-refractivity contribution in [3.05, 3.63) is 59.9 Å². The van der Waals surface area contributed by atoms with Crippen molar-refractivity contribution in [1.82, 2.24) is 14.7 Å². The maximum absolute atomic E-state index is 11.9. The Morgan fingerprint density at radius 3 is 1.85 bits per heavy atom. The molecule has 1 aromatic carbocycles. The summed E-state index contributed by atoms with van der Waals surface area (Å²) in [6.45, 7) is 0.566. The zero-order chi connectivity index (χ0) is 30.0. The largest absolute Gasteiger partial charge is 0.490 e. The second kappa shape index (κ2) is 13.8. The Balaban J connectivity index is 0.000000449. The lowest BCUT2D eigenvalue weighted by molar-refractivity contribution is -0.193. The second-order valence-corrected chi connectivity index (χ2v) is 7.21. The number of carbonyl (C=O) groups excluding carboxylic acids is 1. The number of hydrogen-bond acceptors (Lipinski definition) is 6. The number of carboxylic acids is 3. The summed E-state index contributed by atoms with van der Waals surface area (Å²) in [6, 6.07) is 10.9. The number of aliphatic carboxylic acids is 3. The monoisotopic (exact) mass is 566 g/mol. The van der Waals surface area contributed by atoms with Crippen LogP contribution in [-0.2, 0) is 20.9 Å². The average Bonchev–Trinajstić information content (AvgIpc) is 3.27. The van der Waals surface area contributed by atoms with Crippen LogP contribution in [0.3, 0.4) is 0 Å². The van der Waals surface area contributed by atoms with E-state index in [0.29, 0.717) is 12.1 Å². The summed E-state index contributed by atoms with van der Waals surface area (Å²) in [5.74, 6) is -6.75. The van der Waals surface area contributed by atoms with Crippen molar-refractivity contribution in [2.75, 3.05) is 6.54 Å². The topological polar surface area (TPSA) is 184 Å². The number of fused-ring (bicyclic) bond motifs is 1. The molecular formula is C22H20F6N4O7. The lowest BCUT2D eigenvalue weighted by Gasteiger charge is -2.04. The Kier molecular flexibility index (Phi) is 11.4. The maximum atomic E-state index is 11.9. The molecule has 1 amide bonds. The summed E-state index contributed by atoms with van der Waals surface area (Å²) in [7, 11) is 0. The van der Waals surface area contributed by atoms with Gasteiger partial charge in [0, 0.05) is 36.6 Å². The number of pyridine rings is 1. The highest BCUT2D eigenvalue weighted by atomic mass is 19.4. The number of nitrogens with one attached hydrogen (secondary N) is 1. The fourth-order valence-electron chi connectivity index (χ4n) is 2.47. The van der Waals surface area contributed by atoms with E-state index in [2.05, 4.69) is 10.3 Å². The van der Waals surface area contributed by atoms with Crippen LogP contribution in [0.5, 0.6) is 0 Å². The highest BCUT2D eigenvalue weighted by Crippen LogP contribution is 2.20. The first-order valence-electron chi connectivity index (χ1n) is 10.3. The molecule has 0 saturated heterocycles. The van der Waals surface area contributed by atoms with Crippen LogP contribution in [0.2, 0.25) is 0 Å². The van der Waals surface area contributed by atoms with E-state index in [1.54, 1.807) is 12.1 Å². The Bertz CT molecular complexity index is 1280. The zero-order valence-electron chi connectivity index (χ0n) is 19.5. The molecule has 39 heavy (non-hydrogen) atoms. The molecule has 0 fully saturated rings. The number of nitrogens with zero attached hydrogens (tertiary/aromatic N) is 2. The van der Waals surface area contributed by atoms with Gasteiger partial charge in [0.05, 0.1) is 12.1 Å². The third kappa shape index (κ3) is 11.1. The number of hydrogen-bond donors (Lipinski definition) is 5. The number of halogens is 6. The fourth-order valence-corrected chi connectivity index (χ4v) is 2.47. The number of amides is 1.